The predicted octanol–water partition coefficient (Wildman–Crippen LogP) is 2.51. The highest BCUT2D eigenvalue weighted by Gasteiger charge is 2.20. The van der Waals surface area contributed by atoms with Gasteiger partial charge in [-0.3, -0.25) is 20.1 Å². The van der Waals surface area contributed by atoms with Gasteiger partial charge in [-0.05, 0) is 24.3 Å². The average molecular weight is 279 g/mol. The quantitative estimate of drug-likeness (QED) is 0.540. The second-order valence-electron chi connectivity index (χ2n) is 4.15. The molecule has 102 valence electrons. The van der Waals surface area contributed by atoms with Gasteiger partial charge in [0.1, 0.15) is 5.69 Å². The van der Waals surface area contributed by atoms with E-state index in [0.717, 1.165) is 0 Å². The van der Waals surface area contributed by atoms with Gasteiger partial charge in [-0.2, -0.15) is 0 Å². The Bertz CT molecular complexity index is 778. The van der Waals surface area contributed by atoms with Gasteiger partial charge >= 0.3 is 5.69 Å². The molecule has 0 atom stereocenters. The fraction of sp³-hybridized carbons (Fsp3) is 0. The standard InChI is InChI=1S/C14H9N5O2/c20-19(21)13-9-12(10-5-1-3-7-15-10)17-18-14(13)11-6-2-4-8-16-11/h1-9H. The largest absolute Gasteiger partial charge is 0.301 e. The van der Waals surface area contributed by atoms with E-state index in [0.29, 0.717) is 17.1 Å². The number of aromatic nitrogens is 4. The molecule has 0 fully saturated rings. The molecule has 0 aromatic carbocycles. The SMILES string of the molecule is O=[N+]([O-])c1cc(-c2ccccn2)nnc1-c1ccccn1. The molecule has 0 saturated carbocycles. The fourth-order valence-corrected chi connectivity index (χ4v) is 1.85. The topological polar surface area (TPSA) is 94.7 Å². The Balaban J connectivity index is 2.14. The highest BCUT2D eigenvalue weighted by Crippen LogP contribution is 2.28. The second-order valence-corrected chi connectivity index (χ2v) is 4.15. The van der Waals surface area contributed by atoms with Crippen LogP contribution in [0.2, 0.25) is 0 Å². The Morgan fingerprint density at radius 2 is 1.52 bits per heavy atom. The van der Waals surface area contributed by atoms with E-state index in [1.807, 2.05) is 0 Å². The summed E-state index contributed by atoms with van der Waals surface area (Å²) in [7, 11) is 0. The van der Waals surface area contributed by atoms with E-state index in [-0.39, 0.29) is 11.4 Å². The lowest BCUT2D eigenvalue weighted by Gasteiger charge is -2.03. The minimum Gasteiger partial charge on any atom is -0.258 e. The first-order chi connectivity index (χ1) is 10.3. The van der Waals surface area contributed by atoms with Gasteiger partial charge in [0.25, 0.3) is 0 Å². The smallest absolute Gasteiger partial charge is 0.258 e. The summed E-state index contributed by atoms with van der Waals surface area (Å²) in [5.74, 6) is 0. The lowest BCUT2D eigenvalue weighted by atomic mass is 10.2. The van der Waals surface area contributed by atoms with Crippen LogP contribution in [0.5, 0.6) is 0 Å². The summed E-state index contributed by atoms with van der Waals surface area (Å²) in [4.78, 5) is 19.0. The van der Waals surface area contributed by atoms with Gasteiger partial charge in [0, 0.05) is 18.5 Å². The lowest BCUT2D eigenvalue weighted by molar-refractivity contribution is -0.384. The molecule has 0 aliphatic heterocycles. The van der Waals surface area contributed by atoms with Crippen LogP contribution in [0.25, 0.3) is 22.8 Å². The molecule has 21 heavy (non-hydrogen) atoms. The van der Waals surface area contributed by atoms with Gasteiger partial charge in [0.15, 0.2) is 5.69 Å². The number of rotatable bonds is 3. The first-order valence-corrected chi connectivity index (χ1v) is 6.10. The molecule has 3 aromatic rings. The van der Waals surface area contributed by atoms with E-state index in [1.54, 1.807) is 48.8 Å². The van der Waals surface area contributed by atoms with Crippen molar-refractivity contribution >= 4 is 5.69 Å². The zero-order valence-corrected chi connectivity index (χ0v) is 10.7. The van der Waals surface area contributed by atoms with Crippen molar-refractivity contribution in [2.75, 3.05) is 0 Å². The van der Waals surface area contributed by atoms with Crippen molar-refractivity contribution in [2.24, 2.45) is 0 Å². The first-order valence-electron chi connectivity index (χ1n) is 6.10. The summed E-state index contributed by atoms with van der Waals surface area (Å²) >= 11 is 0. The monoisotopic (exact) mass is 279 g/mol. The number of nitrogens with zero attached hydrogens (tertiary/aromatic N) is 5. The molecule has 3 aromatic heterocycles. The van der Waals surface area contributed by atoms with Crippen LogP contribution in [0.15, 0.2) is 54.9 Å². The first kappa shape index (κ1) is 12.8. The fourth-order valence-electron chi connectivity index (χ4n) is 1.85. The molecule has 7 heteroatoms. The molecule has 0 N–H and O–H groups in total. The molecule has 3 heterocycles. The molecule has 0 bridgehead atoms. The van der Waals surface area contributed by atoms with E-state index in [1.165, 1.54) is 6.07 Å². The van der Waals surface area contributed by atoms with E-state index >= 15 is 0 Å². The number of nitro groups is 1. The van der Waals surface area contributed by atoms with Crippen molar-refractivity contribution in [3.05, 3.63) is 65.0 Å². The normalized spacial score (nSPS) is 10.3. The molecule has 0 amide bonds. The molecule has 3 rings (SSSR count). The van der Waals surface area contributed by atoms with Gasteiger partial charge in [-0.1, -0.05) is 12.1 Å². The van der Waals surface area contributed by atoms with Crippen molar-refractivity contribution in [1.29, 1.82) is 0 Å². The minimum absolute atomic E-state index is 0.139. The number of pyridine rings is 2. The van der Waals surface area contributed by atoms with Gasteiger partial charge in [-0.15, -0.1) is 10.2 Å². The van der Waals surface area contributed by atoms with Crippen molar-refractivity contribution in [3.63, 3.8) is 0 Å². The summed E-state index contributed by atoms with van der Waals surface area (Å²) in [6.45, 7) is 0. The van der Waals surface area contributed by atoms with E-state index < -0.39 is 4.92 Å². The highest BCUT2D eigenvalue weighted by atomic mass is 16.6. The Kier molecular flexibility index (Phi) is 3.30. The van der Waals surface area contributed by atoms with Crippen molar-refractivity contribution < 1.29 is 4.92 Å². The second kappa shape index (κ2) is 5.41. The number of hydrogen-bond donors (Lipinski definition) is 0. The molecule has 0 aliphatic rings. The van der Waals surface area contributed by atoms with E-state index in [2.05, 4.69) is 20.2 Å². The van der Waals surface area contributed by atoms with Crippen molar-refractivity contribution in [2.45, 2.75) is 0 Å². The Morgan fingerprint density at radius 3 is 2.10 bits per heavy atom. The summed E-state index contributed by atoms with van der Waals surface area (Å²) in [6.07, 6.45) is 3.14. The zero-order valence-electron chi connectivity index (χ0n) is 10.7. The average Bonchev–Trinajstić information content (AvgIpc) is 2.56. The van der Waals surface area contributed by atoms with Crippen LogP contribution >= 0.6 is 0 Å². The predicted molar refractivity (Wildman–Crippen MR) is 75.1 cm³/mol. The van der Waals surface area contributed by atoms with Gasteiger partial charge in [0.05, 0.1) is 16.3 Å². The Morgan fingerprint density at radius 1 is 0.857 bits per heavy atom. The molecule has 0 radical (unpaired) electrons. The molecule has 0 aliphatic carbocycles. The molecule has 0 unspecified atom stereocenters. The minimum atomic E-state index is -0.495. The van der Waals surface area contributed by atoms with Crippen LogP contribution in [0, 0.1) is 10.1 Å². The Labute approximate surface area is 119 Å². The number of hydrogen-bond acceptors (Lipinski definition) is 6. The summed E-state index contributed by atoms with van der Waals surface area (Å²) < 4.78 is 0. The van der Waals surface area contributed by atoms with E-state index in [9.17, 15) is 10.1 Å². The van der Waals surface area contributed by atoms with Crippen LogP contribution in [0.3, 0.4) is 0 Å². The van der Waals surface area contributed by atoms with Crippen molar-refractivity contribution in [3.8, 4) is 22.8 Å². The summed E-state index contributed by atoms with van der Waals surface area (Å²) in [6, 6.07) is 11.7. The molecule has 0 saturated heterocycles. The van der Waals surface area contributed by atoms with Gasteiger partial charge < -0.3 is 0 Å². The summed E-state index contributed by atoms with van der Waals surface area (Å²) in [5, 5.41) is 19.2. The highest BCUT2D eigenvalue weighted by molar-refractivity contribution is 5.69. The lowest BCUT2D eigenvalue weighted by Crippen LogP contribution is -2.00. The Hall–Kier alpha value is -3.22. The molecular formula is C14H9N5O2. The van der Waals surface area contributed by atoms with Crippen LogP contribution < -0.4 is 0 Å². The third-order valence-corrected chi connectivity index (χ3v) is 2.81. The maximum Gasteiger partial charge on any atom is 0.301 e. The van der Waals surface area contributed by atoms with Crippen LogP contribution in [0.1, 0.15) is 0 Å². The molecule has 0 spiro atoms. The molecule has 7 nitrogen and oxygen atoms in total. The van der Waals surface area contributed by atoms with E-state index in [4.69, 9.17) is 0 Å². The van der Waals surface area contributed by atoms with Gasteiger partial charge in [0.2, 0.25) is 0 Å². The maximum atomic E-state index is 11.3. The van der Waals surface area contributed by atoms with Crippen LogP contribution in [-0.4, -0.2) is 25.1 Å². The van der Waals surface area contributed by atoms with Crippen LogP contribution in [-0.2, 0) is 0 Å². The van der Waals surface area contributed by atoms with Crippen molar-refractivity contribution in [1.82, 2.24) is 20.2 Å². The third kappa shape index (κ3) is 2.57. The zero-order chi connectivity index (χ0) is 14.7. The van der Waals surface area contributed by atoms with Crippen LogP contribution in [0.4, 0.5) is 5.69 Å². The summed E-state index contributed by atoms with van der Waals surface area (Å²) in [5.41, 5.74) is 1.27. The van der Waals surface area contributed by atoms with Gasteiger partial charge in [-0.25, -0.2) is 0 Å². The molecular weight excluding hydrogens is 270 g/mol. The maximum absolute atomic E-state index is 11.3. The third-order valence-electron chi connectivity index (χ3n) is 2.81.